The molecule has 2 aromatic carbocycles. The van der Waals surface area contributed by atoms with Crippen molar-refractivity contribution in [2.75, 3.05) is 70.0 Å². The van der Waals surface area contributed by atoms with E-state index < -0.39 is 10.8 Å². The summed E-state index contributed by atoms with van der Waals surface area (Å²) in [5, 5.41) is 12.5. The van der Waals surface area contributed by atoms with E-state index >= 15 is 0 Å². The topological polar surface area (TPSA) is 139 Å². The lowest BCUT2D eigenvalue weighted by molar-refractivity contribution is -0.147. The molecule has 2 fully saturated rings. The second-order valence-electron chi connectivity index (χ2n) is 14.7. The molecule has 0 saturated carbocycles. The van der Waals surface area contributed by atoms with Gasteiger partial charge >= 0.3 is 0 Å². The summed E-state index contributed by atoms with van der Waals surface area (Å²) in [5.41, 5.74) is 4.35. The molecule has 7 rings (SSSR count). The smallest absolute Gasteiger partial charge is 0.244 e. The maximum absolute atomic E-state index is 14.5. The summed E-state index contributed by atoms with van der Waals surface area (Å²) in [6, 6.07) is 17.6. The first-order valence-corrected chi connectivity index (χ1v) is 18.1. The van der Waals surface area contributed by atoms with Gasteiger partial charge in [-0.05, 0) is 86.3 Å². The Hall–Kier alpha value is -4.65. The van der Waals surface area contributed by atoms with E-state index in [0.29, 0.717) is 69.9 Å². The molecule has 3 aliphatic heterocycles. The van der Waals surface area contributed by atoms with E-state index in [9.17, 15) is 19.2 Å². The van der Waals surface area contributed by atoms with E-state index in [1.807, 2.05) is 73.5 Å². The van der Waals surface area contributed by atoms with Crippen LogP contribution in [0.5, 0.6) is 0 Å². The van der Waals surface area contributed by atoms with Gasteiger partial charge < -0.3 is 31.1 Å². The molecule has 1 aromatic heterocycles. The quantitative estimate of drug-likeness (QED) is 0.254. The molecule has 268 valence electrons. The summed E-state index contributed by atoms with van der Waals surface area (Å²) in [6.45, 7) is 7.59. The predicted molar refractivity (Wildman–Crippen MR) is 195 cm³/mol. The number of nitrogens with one attached hydrogen (secondary N) is 4. The minimum atomic E-state index is -0.693. The molecule has 0 unspecified atom stereocenters. The summed E-state index contributed by atoms with van der Waals surface area (Å²) < 4.78 is 0. The lowest BCUT2D eigenvalue weighted by Crippen LogP contribution is -2.53. The molecule has 4 aliphatic rings. The second kappa shape index (κ2) is 14.5. The van der Waals surface area contributed by atoms with Crippen molar-refractivity contribution in [3.63, 3.8) is 0 Å². The van der Waals surface area contributed by atoms with Gasteiger partial charge in [0.25, 0.3) is 0 Å². The maximum Gasteiger partial charge on any atom is 0.244 e. The van der Waals surface area contributed by atoms with Crippen LogP contribution in [0, 0.1) is 5.41 Å². The third-order valence-corrected chi connectivity index (χ3v) is 11.2. The molecule has 12 nitrogen and oxygen atoms in total. The highest BCUT2D eigenvalue weighted by Crippen LogP contribution is 2.47. The minimum absolute atomic E-state index is 0.0452. The molecule has 4 N–H and O–H groups in total. The van der Waals surface area contributed by atoms with Crippen LogP contribution in [-0.2, 0) is 50.5 Å². The number of aromatic nitrogens is 1. The fourth-order valence-corrected chi connectivity index (χ4v) is 8.20. The van der Waals surface area contributed by atoms with Crippen LogP contribution in [0.1, 0.15) is 47.6 Å². The van der Waals surface area contributed by atoms with Crippen molar-refractivity contribution in [1.29, 1.82) is 0 Å². The number of piperazine rings is 1. The molecule has 2 saturated heterocycles. The number of rotatable bonds is 10. The number of piperidine rings is 1. The number of fused-ring (bicyclic) bond motifs is 3. The van der Waals surface area contributed by atoms with Crippen LogP contribution >= 0.6 is 0 Å². The number of amides is 4. The first-order chi connectivity index (χ1) is 24.7. The van der Waals surface area contributed by atoms with Gasteiger partial charge in [-0.3, -0.25) is 24.1 Å². The Balaban J connectivity index is 1.04. The van der Waals surface area contributed by atoms with Crippen LogP contribution in [0.3, 0.4) is 0 Å². The standard InChI is InChI=1S/C39H48N8O4/c1-38(11-16-45(17-12-38)26-34(49)46-18-14-41-15-19-46)37(51)47(24-29-7-4-3-6-28(29)23-40-2)25-33(48)43-31-10-9-27-21-39(22-30(27)20-31)32-8-5-13-42-35(32)44-36(39)50/h3-10,13,20,40-41H,11-12,14-19,21-26H2,1-2H3,(H,43,48)(H,42,44,50)/t39-/m1/s1. The van der Waals surface area contributed by atoms with Gasteiger partial charge in [0.1, 0.15) is 12.4 Å². The van der Waals surface area contributed by atoms with Crippen molar-refractivity contribution in [2.45, 2.75) is 51.1 Å². The van der Waals surface area contributed by atoms with Gasteiger partial charge in [-0.25, -0.2) is 4.98 Å². The third-order valence-electron chi connectivity index (χ3n) is 11.2. The van der Waals surface area contributed by atoms with Gasteiger partial charge in [-0.15, -0.1) is 0 Å². The minimum Gasteiger partial charge on any atom is -0.339 e. The number of nitrogens with zero attached hydrogens (tertiary/aromatic N) is 4. The molecule has 1 atom stereocenters. The fraction of sp³-hybridized carbons (Fsp3) is 0.462. The number of hydrogen-bond donors (Lipinski definition) is 4. The number of benzene rings is 2. The maximum atomic E-state index is 14.5. The first kappa shape index (κ1) is 34.8. The number of carbonyl (C=O) groups is 4. The van der Waals surface area contributed by atoms with Gasteiger partial charge in [0.2, 0.25) is 23.6 Å². The zero-order valence-corrected chi connectivity index (χ0v) is 29.6. The predicted octanol–water partition coefficient (Wildman–Crippen LogP) is 2.29. The van der Waals surface area contributed by atoms with Crippen LogP contribution in [0.15, 0.2) is 60.8 Å². The average Bonchev–Trinajstić information content (AvgIpc) is 3.66. The Labute approximate surface area is 299 Å². The van der Waals surface area contributed by atoms with E-state index in [-0.39, 0.29) is 30.2 Å². The molecule has 1 spiro atoms. The fourth-order valence-electron chi connectivity index (χ4n) is 8.20. The molecule has 4 heterocycles. The Kier molecular flexibility index (Phi) is 9.91. The van der Waals surface area contributed by atoms with E-state index in [1.54, 1.807) is 11.1 Å². The molecular formula is C39H48N8O4. The first-order valence-electron chi connectivity index (χ1n) is 18.1. The summed E-state index contributed by atoms with van der Waals surface area (Å²) in [6.07, 6.45) is 4.00. The van der Waals surface area contributed by atoms with Crippen LogP contribution in [-0.4, -0.2) is 103 Å². The number of carbonyl (C=O) groups excluding carboxylic acids is 4. The number of pyridine rings is 1. The second-order valence-corrected chi connectivity index (χ2v) is 14.7. The van der Waals surface area contributed by atoms with E-state index in [4.69, 9.17) is 0 Å². The highest BCUT2D eigenvalue weighted by atomic mass is 16.2. The Morgan fingerprint density at radius 3 is 2.45 bits per heavy atom. The summed E-state index contributed by atoms with van der Waals surface area (Å²) in [5.74, 6) is 0.378. The van der Waals surface area contributed by atoms with Crippen molar-refractivity contribution in [1.82, 2.24) is 30.3 Å². The largest absolute Gasteiger partial charge is 0.339 e. The highest BCUT2D eigenvalue weighted by molar-refractivity contribution is 6.06. The van der Waals surface area contributed by atoms with Crippen molar-refractivity contribution in [3.8, 4) is 0 Å². The summed E-state index contributed by atoms with van der Waals surface area (Å²) in [4.78, 5) is 64.5. The van der Waals surface area contributed by atoms with Crippen LogP contribution in [0.2, 0.25) is 0 Å². The van der Waals surface area contributed by atoms with Gasteiger partial charge in [-0.1, -0.05) is 43.3 Å². The monoisotopic (exact) mass is 692 g/mol. The van der Waals surface area contributed by atoms with E-state index in [0.717, 1.165) is 54.0 Å². The molecule has 3 aromatic rings. The Morgan fingerprint density at radius 1 is 0.941 bits per heavy atom. The normalized spacial score (nSPS) is 20.8. The van der Waals surface area contributed by atoms with Crippen LogP contribution in [0.25, 0.3) is 0 Å². The number of anilines is 2. The molecule has 12 heteroatoms. The van der Waals surface area contributed by atoms with Gasteiger partial charge in [0.05, 0.1) is 12.0 Å². The van der Waals surface area contributed by atoms with Crippen LogP contribution in [0.4, 0.5) is 11.5 Å². The zero-order chi connectivity index (χ0) is 35.6. The van der Waals surface area contributed by atoms with Gasteiger partial charge in [0.15, 0.2) is 0 Å². The molecular weight excluding hydrogens is 644 g/mol. The summed E-state index contributed by atoms with van der Waals surface area (Å²) >= 11 is 0. The molecule has 0 bridgehead atoms. The average molecular weight is 693 g/mol. The zero-order valence-electron chi connectivity index (χ0n) is 29.6. The van der Waals surface area contributed by atoms with Crippen molar-refractivity contribution in [2.24, 2.45) is 5.41 Å². The van der Waals surface area contributed by atoms with E-state index in [1.165, 1.54) is 0 Å². The lowest BCUT2D eigenvalue weighted by Gasteiger charge is -2.41. The van der Waals surface area contributed by atoms with Gasteiger partial charge in [0, 0.05) is 62.1 Å². The Morgan fingerprint density at radius 2 is 1.69 bits per heavy atom. The lowest BCUT2D eigenvalue weighted by atomic mass is 9.78. The van der Waals surface area contributed by atoms with Crippen molar-refractivity contribution >= 4 is 35.1 Å². The molecule has 0 radical (unpaired) electrons. The SMILES string of the molecule is CNCc1ccccc1CN(CC(=O)Nc1ccc2c(c1)C[C@@]1(C2)C(=O)Nc2ncccc21)C(=O)C1(C)CCN(CC(=O)N2CCNCC2)CC1. The number of hydrogen-bond acceptors (Lipinski definition) is 8. The Bertz CT molecular complexity index is 1820. The molecule has 1 aliphatic carbocycles. The molecule has 51 heavy (non-hydrogen) atoms. The van der Waals surface area contributed by atoms with Crippen molar-refractivity contribution < 1.29 is 19.2 Å². The molecule has 4 amide bonds. The summed E-state index contributed by atoms with van der Waals surface area (Å²) in [7, 11) is 1.89. The van der Waals surface area contributed by atoms with E-state index in [2.05, 4.69) is 31.2 Å². The number of likely N-dealkylation sites (tertiary alicyclic amines) is 1. The third kappa shape index (κ3) is 7.13. The van der Waals surface area contributed by atoms with Crippen LogP contribution < -0.4 is 21.3 Å². The highest BCUT2D eigenvalue weighted by Gasteiger charge is 2.51. The van der Waals surface area contributed by atoms with Gasteiger partial charge in [-0.2, -0.15) is 0 Å². The van der Waals surface area contributed by atoms with Crippen molar-refractivity contribution in [3.05, 3.63) is 88.6 Å².